The third-order valence-corrected chi connectivity index (χ3v) is 4.56. The Morgan fingerprint density at radius 1 is 0.957 bits per heavy atom. The maximum absolute atomic E-state index is 13.0. The Bertz CT molecular complexity index is 790. The summed E-state index contributed by atoms with van der Waals surface area (Å²) in [6.45, 7) is 0. The van der Waals surface area contributed by atoms with Crippen LogP contribution in [0.5, 0.6) is 0 Å². The van der Waals surface area contributed by atoms with Gasteiger partial charge in [0.15, 0.2) is 17.7 Å². The fourth-order valence-electron chi connectivity index (χ4n) is 3.45. The van der Waals surface area contributed by atoms with Crippen molar-refractivity contribution in [2.24, 2.45) is 5.92 Å². The summed E-state index contributed by atoms with van der Waals surface area (Å²) in [7, 11) is 0. The third kappa shape index (κ3) is 2.29. The summed E-state index contributed by atoms with van der Waals surface area (Å²) < 4.78 is 5.95. The van der Waals surface area contributed by atoms with E-state index < -0.39 is 6.10 Å². The Morgan fingerprint density at radius 2 is 1.61 bits per heavy atom. The summed E-state index contributed by atoms with van der Waals surface area (Å²) in [4.78, 5) is 25.1. The first-order valence-electron chi connectivity index (χ1n) is 7.84. The number of Topliss-reactive ketones (excluding diaryl/α,β-unsaturated/α-hetero) is 2. The standard InChI is InChI=1S/C20H16O3/c21-16-12-11-15-17(18(22)13-7-3-1-4-8-13)19(23-20(15)16)14-9-5-2-6-10-14/h1-10,15,20H,11-12H2/t15-,20+/m0/s1. The van der Waals surface area contributed by atoms with Crippen LogP contribution < -0.4 is 0 Å². The van der Waals surface area contributed by atoms with Crippen molar-refractivity contribution in [1.29, 1.82) is 0 Å². The fraction of sp³-hybridized carbons (Fsp3) is 0.200. The third-order valence-electron chi connectivity index (χ3n) is 4.56. The van der Waals surface area contributed by atoms with E-state index in [2.05, 4.69) is 0 Å². The minimum absolute atomic E-state index is 0.0355. The lowest BCUT2D eigenvalue weighted by atomic mass is 9.89. The molecule has 0 unspecified atom stereocenters. The number of carbonyl (C=O) groups is 2. The summed E-state index contributed by atoms with van der Waals surface area (Å²) in [6.07, 6.45) is 0.685. The lowest BCUT2D eigenvalue weighted by Crippen LogP contribution is -2.21. The molecule has 3 nitrogen and oxygen atoms in total. The zero-order valence-corrected chi connectivity index (χ0v) is 12.6. The summed E-state index contributed by atoms with van der Waals surface area (Å²) >= 11 is 0. The highest BCUT2D eigenvalue weighted by molar-refractivity contribution is 6.14. The average Bonchev–Trinajstić information content (AvgIpc) is 3.16. The number of hydrogen-bond acceptors (Lipinski definition) is 3. The van der Waals surface area contributed by atoms with Crippen LogP contribution in [-0.2, 0) is 9.53 Å². The quantitative estimate of drug-likeness (QED) is 0.813. The van der Waals surface area contributed by atoms with E-state index in [1.807, 2.05) is 60.7 Å². The van der Waals surface area contributed by atoms with Crippen molar-refractivity contribution in [3.63, 3.8) is 0 Å². The van der Waals surface area contributed by atoms with Gasteiger partial charge in [-0.3, -0.25) is 9.59 Å². The Balaban J connectivity index is 1.83. The highest BCUT2D eigenvalue weighted by atomic mass is 16.5. The Labute approximate surface area is 134 Å². The van der Waals surface area contributed by atoms with Gasteiger partial charge in [0, 0.05) is 23.5 Å². The second-order valence-electron chi connectivity index (χ2n) is 5.95. The number of fused-ring (bicyclic) bond motifs is 1. The van der Waals surface area contributed by atoms with E-state index in [0.717, 1.165) is 5.56 Å². The molecule has 114 valence electrons. The molecule has 2 aromatic rings. The van der Waals surface area contributed by atoms with E-state index in [0.29, 0.717) is 29.7 Å². The van der Waals surface area contributed by atoms with Crippen LogP contribution >= 0.6 is 0 Å². The lowest BCUT2D eigenvalue weighted by molar-refractivity contribution is -0.124. The summed E-state index contributed by atoms with van der Waals surface area (Å²) in [5, 5.41) is 0. The number of hydrogen-bond donors (Lipinski definition) is 0. The Morgan fingerprint density at radius 3 is 2.30 bits per heavy atom. The number of carbonyl (C=O) groups excluding carboxylic acids is 2. The van der Waals surface area contributed by atoms with Crippen molar-refractivity contribution in [2.75, 3.05) is 0 Å². The molecule has 0 amide bonds. The van der Waals surface area contributed by atoms with Crippen molar-refractivity contribution in [2.45, 2.75) is 18.9 Å². The summed E-state index contributed by atoms with van der Waals surface area (Å²) in [6, 6.07) is 18.8. The second-order valence-corrected chi connectivity index (χ2v) is 5.95. The lowest BCUT2D eigenvalue weighted by Gasteiger charge is -2.09. The molecule has 1 heterocycles. The molecule has 0 aromatic heterocycles. The molecule has 3 heteroatoms. The maximum Gasteiger partial charge on any atom is 0.193 e. The van der Waals surface area contributed by atoms with E-state index >= 15 is 0 Å². The normalized spacial score (nSPS) is 22.9. The minimum atomic E-state index is -0.493. The molecule has 1 fully saturated rings. The van der Waals surface area contributed by atoms with Crippen LogP contribution in [0.3, 0.4) is 0 Å². The summed E-state index contributed by atoms with van der Waals surface area (Å²) in [5.41, 5.74) is 2.15. The van der Waals surface area contributed by atoms with Crippen LogP contribution in [0.25, 0.3) is 5.76 Å². The minimum Gasteiger partial charge on any atom is -0.481 e. The SMILES string of the molecule is O=C(C1=C(c2ccccc2)O[C@H]2C(=O)CC[C@@H]12)c1ccccc1. The topological polar surface area (TPSA) is 43.4 Å². The molecule has 0 spiro atoms. The molecule has 1 saturated carbocycles. The average molecular weight is 304 g/mol. The van der Waals surface area contributed by atoms with Gasteiger partial charge in [-0.2, -0.15) is 0 Å². The van der Waals surface area contributed by atoms with Crippen LogP contribution in [-0.4, -0.2) is 17.7 Å². The molecule has 4 rings (SSSR count). The number of ketones is 2. The van der Waals surface area contributed by atoms with Crippen LogP contribution in [0.2, 0.25) is 0 Å². The molecule has 2 aliphatic rings. The highest BCUT2D eigenvalue weighted by Crippen LogP contribution is 2.45. The number of benzene rings is 2. The first-order valence-corrected chi connectivity index (χ1v) is 7.84. The fourth-order valence-corrected chi connectivity index (χ4v) is 3.45. The van der Waals surface area contributed by atoms with Gasteiger partial charge in [0.2, 0.25) is 0 Å². The monoisotopic (exact) mass is 304 g/mol. The van der Waals surface area contributed by atoms with Crippen molar-refractivity contribution in [3.8, 4) is 0 Å². The maximum atomic E-state index is 13.0. The largest absolute Gasteiger partial charge is 0.481 e. The smallest absolute Gasteiger partial charge is 0.193 e. The zero-order chi connectivity index (χ0) is 15.8. The molecule has 0 N–H and O–H groups in total. The molecule has 23 heavy (non-hydrogen) atoms. The van der Waals surface area contributed by atoms with E-state index in [4.69, 9.17) is 4.74 Å². The first-order chi connectivity index (χ1) is 11.3. The van der Waals surface area contributed by atoms with Gasteiger partial charge in [0.25, 0.3) is 0 Å². The Hall–Kier alpha value is -2.68. The van der Waals surface area contributed by atoms with Gasteiger partial charge in [0.05, 0.1) is 5.57 Å². The van der Waals surface area contributed by atoms with Gasteiger partial charge in [-0.05, 0) is 6.42 Å². The van der Waals surface area contributed by atoms with Gasteiger partial charge in [-0.1, -0.05) is 60.7 Å². The van der Waals surface area contributed by atoms with E-state index in [1.54, 1.807) is 0 Å². The predicted molar refractivity (Wildman–Crippen MR) is 86.7 cm³/mol. The molecular formula is C20H16O3. The van der Waals surface area contributed by atoms with Crippen LogP contribution in [0.1, 0.15) is 28.8 Å². The van der Waals surface area contributed by atoms with Gasteiger partial charge in [-0.15, -0.1) is 0 Å². The molecule has 1 aliphatic heterocycles. The molecule has 0 saturated heterocycles. The molecule has 0 bridgehead atoms. The van der Waals surface area contributed by atoms with Crippen molar-refractivity contribution >= 4 is 17.3 Å². The van der Waals surface area contributed by atoms with Crippen LogP contribution in [0.15, 0.2) is 66.2 Å². The van der Waals surface area contributed by atoms with Gasteiger partial charge < -0.3 is 4.74 Å². The molecule has 1 aliphatic carbocycles. The van der Waals surface area contributed by atoms with Crippen molar-refractivity contribution in [3.05, 3.63) is 77.4 Å². The van der Waals surface area contributed by atoms with Gasteiger partial charge in [0.1, 0.15) is 5.76 Å². The van der Waals surface area contributed by atoms with Crippen LogP contribution in [0, 0.1) is 5.92 Å². The Kier molecular flexibility index (Phi) is 3.34. The summed E-state index contributed by atoms with van der Waals surface area (Å²) in [5.74, 6) is 0.513. The highest BCUT2D eigenvalue weighted by Gasteiger charge is 2.47. The van der Waals surface area contributed by atoms with E-state index in [1.165, 1.54) is 0 Å². The van der Waals surface area contributed by atoms with Gasteiger partial charge in [-0.25, -0.2) is 0 Å². The van der Waals surface area contributed by atoms with E-state index in [-0.39, 0.29) is 17.5 Å². The first kappa shape index (κ1) is 13.9. The second kappa shape index (κ2) is 5.51. The predicted octanol–water partition coefficient (Wildman–Crippen LogP) is 3.66. The van der Waals surface area contributed by atoms with Crippen LogP contribution in [0.4, 0.5) is 0 Å². The molecular weight excluding hydrogens is 288 g/mol. The van der Waals surface area contributed by atoms with Crippen molar-refractivity contribution in [1.82, 2.24) is 0 Å². The number of rotatable bonds is 3. The molecule has 0 radical (unpaired) electrons. The molecule has 2 aromatic carbocycles. The van der Waals surface area contributed by atoms with Gasteiger partial charge >= 0.3 is 0 Å². The number of ether oxygens (including phenoxy) is 1. The molecule has 2 atom stereocenters. The van der Waals surface area contributed by atoms with Crippen molar-refractivity contribution < 1.29 is 14.3 Å². The van der Waals surface area contributed by atoms with E-state index in [9.17, 15) is 9.59 Å². The zero-order valence-electron chi connectivity index (χ0n) is 12.6.